The van der Waals surface area contributed by atoms with E-state index in [1.54, 1.807) is 0 Å². The molecule has 2 aromatic heterocycles. The van der Waals surface area contributed by atoms with Crippen LogP contribution >= 0.6 is 0 Å². The highest BCUT2D eigenvalue weighted by Crippen LogP contribution is 2.29. The first-order valence-corrected chi connectivity index (χ1v) is 5.77. The van der Waals surface area contributed by atoms with E-state index in [4.69, 9.17) is 0 Å². The SMILES string of the molecule is O=c1cc[nH]n1-c1cc(N2CCC(F)(F)C2)ncn1. The van der Waals surface area contributed by atoms with E-state index in [0.29, 0.717) is 11.6 Å². The van der Waals surface area contributed by atoms with Crippen molar-refractivity contribution in [1.82, 2.24) is 19.7 Å². The molecule has 8 heteroatoms. The Morgan fingerprint density at radius 3 is 2.74 bits per heavy atom. The van der Waals surface area contributed by atoms with Crippen LogP contribution in [0.2, 0.25) is 0 Å². The maximum Gasteiger partial charge on any atom is 0.272 e. The molecule has 0 saturated carbocycles. The average Bonchev–Trinajstić information content (AvgIpc) is 2.95. The van der Waals surface area contributed by atoms with Gasteiger partial charge in [0, 0.05) is 31.3 Å². The number of alkyl halides is 2. The van der Waals surface area contributed by atoms with Crippen LogP contribution in [0.25, 0.3) is 5.82 Å². The highest BCUT2D eigenvalue weighted by molar-refractivity contribution is 5.44. The average molecular weight is 267 g/mol. The molecule has 6 nitrogen and oxygen atoms in total. The Morgan fingerprint density at radius 2 is 2.11 bits per heavy atom. The van der Waals surface area contributed by atoms with Crippen LogP contribution in [-0.4, -0.2) is 38.8 Å². The standard InChI is InChI=1S/C11H11F2N5O/c12-11(13)2-4-17(6-11)8-5-9(15-7-14-8)18-10(19)1-3-16-18/h1,3,5,7,16H,2,4,6H2. The summed E-state index contributed by atoms with van der Waals surface area (Å²) in [6.07, 6.45) is 2.55. The molecule has 100 valence electrons. The van der Waals surface area contributed by atoms with E-state index >= 15 is 0 Å². The molecule has 1 fully saturated rings. The van der Waals surface area contributed by atoms with Gasteiger partial charge in [-0.05, 0) is 0 Å². The number of aromatic amines is 1. The molecular weight excluding hydrogens is 256 g/mol. The number of rotatable bonds is 2. The van der Waals surface area contributed by atoms with Crippen LogP contribution in [0.5, 0.6) is 0 Å². The van der Waals surface area contributed by atoms with Gasteiger partial charge in [-0.25, -0.2) is 23.4 Å². The highest BCUT2D eigenvalue weighted by Gasteiger charge is 2.38. The molecule has 0 amide bonds. The van der Waals surface area contributed by atoms with E-state index in [0.717, 1.165) is 0 Å². The molecule has 3 rings (SSSR count). The zero-order valence-electron chi connectivity index (χ0n) is 9.88. The number of halogens is 2. The van der Waals surface area contributed by atoms with Crippen molar-refractivity contribution in [2.75, 3.05) is 18.0 Å². The Bertz CT molecular complexity index is 650. The Labute approximate surface area is 106 Å². The number of H-pyrrole nitrogens is 1. The molecule has 0 radical (unpaired) electrons. The molecular formula is C11H11F2N5O. The Morgan fingerprint density at radius 1 is 1.32 bits per heavy atom. The van der Waals surface area contributed by atoms with E-state index in [1.165, 1.54) is 34.2 Å². The largest absolute Gasteiger partial charge is 0.350 e. The van der Waals surface area contributed by atoms with Crippen LogP contribution in [0.3, 0.4) is 0 Å². The minimum absolute atomic E-state index is 0.186. The fourth-order valence-corrected chi connectivity index (χ4v) is 2.06. The van der Waals surface area contributed by atoms with E-state index < -0.39 is 5.92 Å². The fourth-order valence-electron chi connectivity index (χ4n) is 2.06. The third-order valence-electron chi connectivity index (χ3n) is 3.01. The van der Waals surface area contributed by atoms with Gasteiger partial charge in [-0.2, -0.15) is 0 Å². The Balaban J connectivity index is 1.93. The van der Waals surface area contributed by atoms with E-state index in [9.17, 15) is 13.6 Å². The minimum atomic E-state index is -2.69. The van der Waals surface area contributed by atoms with Crippen molar-refractivity contribution < 1.29 is 8.78 Å². The Hall–Kier alpha value is -2.25. The minimum Gasteiger partial charge on any atom is -0.350 e. The molecule has 0 spiro atoms. The summed E-state index contributed by atoms with van der Waals surface area (Å²) in [6.45, 7) is -0.119. The summed E-state index contributed by atoms with van der Waals surface area (Å²) in [5, 5.41) is 2.70. The molecule has 0 atom stereocenters. The van der Waals surface area contributed by atoms with Gasteiger partial charge in [0.15, 0.2) is 5.82 Å². The zero-order chi connectivity index (χ0) is 13.5. The third-order valence-corrected chi connectivity index (χ3v) is 3.01. The van der Waals surface area contributed by atoms with Crippen LogP contribution in [-0.2, 0) is 0 Å². The van der Waals surface area contributed by atoms with Crippen molar-refractivity contribution in [2.24, 2.45) is 0 Å². The predicted octanol–water partition coefficient (Wildman–Crippen LogP) is 0.801. The van der Waals surface area contributed by atoms with Gasteiger partial charge in [-0.15, -0.1) is 0 Å². The zero-order valence-corrected chi connectivity index (χ0v) is 9.88. The molecule has 1 N–H and O–H groups in total. The van der Waals surface area contributed by atoms with Crippen LogP contribution in [0, 0.1) is 0 Å². The number of anilines is 1. The van der Waals surface area contributed by atoms with Gasteiger partial charge in [0.05, 0.1) is 6.54 Å². The molecule has 0 bridgehead atoms. The van der Waals surface area contributed by atoms with Crippen molar-refractivity contribution in [1.29, 1.82) is 0 Å². The summed E-state index contributed by atoms with van der Waals surface area (Å²) in [5.41, 5.74) is -0.267. The lowest BCUT2D eigenvalue weighted by atomic mass is 10.3. The molecule has 0 unspecified atom stereocenters. The van der Waals surface area contributed by atoms with Gasteiger partial charge in [-0.3, -0.25) is 9.89 Å². The number of hydrogen-bond acceptors (Lipinski definition) is 4. The number of nitrogens with zero attached hydrogens (tertiary/aromatic N) is 4. The first kappa shape index (κ1) is 11.8. The second-order valence-corrected chi connectivity index (χ2v) is 4.40. The van der Waals surface area contributed by atoms with Crippen LogP contribution in [0.4, 0.5) is 14.6 Å². The number of aromatic nitrogens is 4. The molecule has 0 aliphatic carbocycles. The lowest BCUT2D eigenvalue weighted by Crippen LogP contribution is -2.26. The van der Waals surface area contributed by atoms with Crippen LogP contribution in [0.1, 0.15) is 6.42 Å². The lowest BCUT2D eigenvalue weighted by molar-refractivity contribution is 0.0256. The predicted molar refractivity (Wildman–Crippen MR) is 63.8 cm³/mol. The maximum absolute atomic E-state index is 13.2. The van der Waals surface area contributed by atoms with Crippen LogP contribution in [0.15, 0.2) is 29.5 Å². The quantitative estimate of drug-likeness (QED) is 0.874. The Kier molecular flexibility index (Phi) is 2.58. The summed E-state index contributed by atoms with van der Waals surface area (Å²) in [5.74, 6) is -1.96. The summed E-state index contributed by atoms with van der Waals surface area (Å²) < 4.78 is 27.6. The molecule has 2 aromatic rings. The number of nitrogens with one attached hydrogen (secondary N) is 1. The smallest absolute Gasteiger partial charge is 0.272 e. The normalized spacial score (nSPS) is 17.9. The summed E-state index contributed by atoms with van der Waals surface area (Å²) in [6, 6.07) is 2.87. The summed E-state index contributed by atoms with van der Waals surface area (Å²) >= 11 is 0. The first-order valence-electron chi connectivity index (χ1n) is 5.77. The molecule has 1 aliphatic rings. The topological polar surface area (TPSA) is 66.8 Å². The monoisotopic (exact) mass is 267 g/mol. The second-order valence-electron chi connectivity index (χ2n) is 4.40. The van der Waals surface area contributed by atoms with Gasteiger partial charge in [0.1, 0.15) is 12.1 Å². The van der Waals surface area contributed by atoms with Crippen molar-refractivity contribution in [3.8, 4) is 5.82 Å². The van der Waals surface area contributed by atoms with Crippen molar-refractivity contribution in [3.63, 3.8) is 0 Å². The number of hydrogen-bond donors (Lipinski definition) is 1. The molecule has 0 aromatic carbocycles. The van der Waals surface area contributed by atoms with Gasteiger partial charge < -0.3 is 4.90 Å². The fraction of sp³-hybridized carbons (Fsp3) is 0.364. The van der Waals surface area contributed by atoms with Gasteiger partial charge in [-0.1, -0.05) is 0 Å². The van der Waals surface area contributed by atoms with E-state index in [2.05, 4.69) is 15.1 Å². The van der Waals surface area contributed by atoms with Gasteiger partial charge in [0.2, 0.25) is 0 Å². The van der Waals surface area contributed by atoms with E-state index in [1.807, 2.05) is 0 Å². The molecule has 1 saturated heterocycles. The molecule has 3 heterocycles. The third kappa shape index (κ3) is 2.20. The lowest BCUT2D eigenvalue weighted by Gasteiger charge is -2.17. The maximum atomic E-state index is 13.2. The highest BCUT2D eigenvalue weighted by atomic mass is 19.3. The molecule has 19 heavy (non-hydrogen) atoms. The summed E-state index contributed by atoms with van der Waals surface area (Å²) in [7, 11) is 0. The first-order chi connectivity index (χ1) is 9.05. The van der Waals surface area contributed by atoms with Crippen molar-refractivity contribution >= 4 is 5.82 Å². The van der Waals surface area contributed by atoms with Crippen molar-refractivity contribution in [2.45, 2.75) is 12.3 Å². The van der Waals surface area contributed by atoms with Gasteiger partial charge in [0.25, 0.3) is 11.5 Å². The molecule has 1 aliphatic heterocycles. The van der Waals surface area contributed by atoms with E-state index in [-0.39, 0.29) is 25.1 Å². The second kappa shape index (κ2) is 4.15. The summed E-state index contributed by atoms with van der Waals surface area (Å²) in [4.78, 5) is 20.9. The van der Waals surface area contributed by atoms with Crippen LogP contribution < -0.4 is 10.5 Å². The van der Waals surface area contributed by atoms with Gasteiger partial charge >= 0.3 is 0 Å². The van der Waals surface area contributed by atoms with Crippen molar-refractivity contribution in [3.05, 3.63) is 35.0 Å².